The van der Waals surface area contributed by atoms with Gasteiger partial charge in [0.2, 0.25) is 0 Å². The van der Waals surface area contributed by atoms with Gasteiger partial charge in [-0.05, 0) is 17.7 Å². The molecule has 0 radical (unpaired) electrons. The SMILES string of the molecule is O=C1N=NC=C1c1ccc(Cl)cc1. The van der Waals surface area contributed by atoms with E-state index in [4.69, 9.17) is 11.6 Å². The standard InChI is InChI=1S/C9H5ClN2O/c10-7-3-1-6(2-4-7)8-5-11-12-9(8)13/h1-5H. The molecule has 13 heavy (non-hydrogen) atoms. The highest BCUT2D eigenvalue weighted by atomic mass is 35.5. The van der Waals surface area contributed by atoms with E-state index in [2.05, 4.69) is 10.2 Å². The van der Waals surface area contributed by atoms with Crippen molar-refractivity contribution in [1.82, 2.24) is 0 Å². The summed E-state index contributed by atoms with van der Waals surface area (Å²) in [4.78, 5) is 11.1. The Morgan fingerprint density at radius 2 is 1.85 bits per heavy atom. The maximum Gasteiger partial charge on any atom is 0.297 e. The summed E-state index contributed by atoms with van der Waals surface area (Å²) in [6.45, 7) is 0. The van der Waals surface area contributed by atoms with E-state index in [-0.39, 0.29) is 5.91 Å². The van der Waals surface area contributed by atoms with Gasteiger partial charge in [0, 0.05) is 5.02 Å². The van der Waals surface area contributed by atoms with Crippen LogP contribution in [-0.2, 0) is 4.79 Å². The van der Waals surface area contributed by atoms with Gasteiger partial charge in [0.1, 0.15) is 0 Å². The summed E-state index contributed by atoms with van der Waals surface area (Å²) in [5, 5.41) is 7.54. The van der Waals surface area contributed by atoms with Crippen LogP contribution >= 0.6 is 11.6 Å². The fourth-order valence-corrected chi connectivity index (χ4v) is 1.20. The van der Waals surface area contributed by atoms with Gasteiger partial charge in [-0.1, -0.05) is 23.7 Å². The van der Waals surface area contributed by atoms with Crippen molar-refractivity contribution in [2.45, 2.75) is 0 Å². The van der Waals surface area contributed by atoms with E-state index in [9.17, 15) is 4.79 Å². The summed E-state index contributed by atoms with van der Waals surface area (Å²) >= 11 is 5.70. The number of carbonyl (C=O) groups is 1. The predicted octanol–water partition coefficient (Wildman–Crippen LogP) is 2.67. The molecule has 1 aromatic rings. The van der Waals surface area contributed by atoms with Gasteiger partial charge < -0.3 is 0 Å². The van der Waals surface area contributed by atoms with E-state index >= 15 is 0 Å². The first-order valence-corrected chi connectivity index (χ1v) is 4.06. The molecule has 0 aliphatic carbocycles. The Morgan fingerprint density at radius 3 is 2.38 bits per heavy atom. The lowest BCUT2D eigenvalue weighted by molar-refractivity contribution is -0.112. The first-order valence-electron chi connectivity index (χ1n) is 3.68. The smallest absolute Gasteiger partial charge is 0.265 e. The molecule has 0 N–H and O–H groups in total. The van der Waals surface area contributed by atoms with Gasteiger partial charge in [-0.25, -0.2) is 0 Å². The number of nitrogens with zero attached hydrogens (tertiary/aromatic N) is 2. The van der Waals surface area contributed by atoms with Crippen molar-refractivity contribution in [3.63, 3.8) is 0 Å². The van der Waals surface area contributed by atoms with Crippen LogP contribution in [-0.4, -0.2) is 5.91 Å². The predicted molar refractivity (Wildman–Crippen MR) is 49.3 cm³/mol. The molecule has 0 spiro atoms. The van der Waals surface area contributed by atoms with E-state index in [1.165, 1.54) is 6.20 Å². The van der Waals surface area contributed by atoms with E-state index in [1.807, 2.05) is 0 Å². The van der Waals surface area contributed by atoms with E-state index in [0.717, 1.165) is 5.56 Å². The molecule has 0 unspecified atom stereocenters. The van der Waals surface area contributed by atoms with Crippen LogP contribution in [0.15, 0.2) is 40.7 Å². The molecule has 1 aliphatic rings. The summed E-state index contributed by atoms with van der Waals surface area (Å²) < 4.78 is 0. The lowest BCUT2D eigenvalue weighted by atomic mass is 10.1. The van der Waals surface area contributed by atoms with Crippen molar-refractivity contribution >= 4 is 23.1 Å². The van der Waals surface area contributed by atoms with Crippen LogP contribution in [0.5, 0.6) is 0 Å². The summed E-state index contributed by atoms with van der Waals surface area (Å²) in [6, 6.07) is 6.98. The van der Waals surface area contributed by atoms with E-state index in [1.54, 1.807) is 24.3 Å². The minimum absolute atomic E-state index is 0.303. The van der Waals surface area contributed by atoms with Crippen LogP contribution in [0.3, 0.4) is 0 Å². The maximum atomic E-state index is 11.1. The number of rotatable bonds is 1. The minimum Gasteiger partial charge on any atom is -0.265 e. The molecule has 64 valence electrons. The van der Waals surface area contributed by atoms with Crippen LogP contribution < -0.4 is 0 Å². The normalized spacial score (nSPS) is 14.8. The van der Waals surface area contributed by atoms with Gasteiger partial charge in [-0.15, -0.1) is 5.11 Å². The summed E-state index contributed by atoms with van der Waals surface area (Å²) in [6.07, 6.45) is 1.45. The van der Waals surface area contributed by atoms with Crippen LogP contribution in [0.1, 0.15) is 5.56 Å². The Balaban J connectivity index is 2.38. The highest BCUT2D eigenvalue weighted by molar-refractivity contribution is 6.30. The lowest BCUT2D eigenvalue weighted by Crippen LogP contribution is -1.92. The average Bonchev–Trinajstić information content (AvgIpc) is 2.53. The van der Waals surface area contributed by atoms with Gasteiger partial charge in [0.05, 0.1) is 11.8 Å². The Hall–Kier alpha value is -1.48. The molecule has 0 aromatic heterocycles. The van der Waals surface area contributed by atoms with Crippen LogP contribution in [0, 0.1) is 0 Å². The molecule has 0 fully saturated rings. The number of hydrogen-bond donors (Lipinski definition) is 0. The van der Waals surface area contributed by atoms with Crippen molar-refractivity contribution < 1.29 is 4.79 Å². The Labute approximate surface area is 79.7 Å². The van der Waals surface area contributed by atoms with Crippen LogP contribution in [0.4, 0.5) is 0 Å². The molecule has 1 aromatic carbocycles. The van der Waals surface area contributed by atoms with Crippen molar-refractivity contribution in [2.24, 2.45) is 10.2 Å². The second-order valence-corrected chi connectivity index (χ2v) is 3.01. The molecule has 0 saturated carbocycles. The molecule has 2 rings (SSSR count). The summed E-state index contributed by atoms with van der Waals surface area (Å²) in [5.41, 5.74) is 1.30. The zero-order chi connectivity index (χ0) is 9.26. The Bertz CT molecular complexity index is 406. The first kappa shape index (κ1) is 8.13. The van der Waals surface area contributed by atoms with Crippen molar-refractivity contribution in [1.29, 1.82) is 0 Å². The third-order valence-corrected chi connectivity index (χ3v) is 1.97. The number of carbonyl (C=O) groups excluding carboxylic acids is 1. The maximum absolute atomic E-state index is 11.1. The molecule has 1 aliphatic heterocycles. The molecule has 0 atom stereocenters. The Kier molecular flexibility index (Phi) is 1.94. The molecule has 0 bridgehead atoms. The molecular weight excluding hydrogens is 188 g/mol. The average molecular weight is 193 g/mol. The number of azo groups is 1. The van der Waals surface area contributed by atoms with Gasteiger partial charge in [-0.2, -0.15) is 5.11 Å². The van der Waals surface area contributed by atoms with Gasteiger partial charge in [0.15, 0.2) is 0 Å². The fourth-order valence-electron chi connectivity index (χ4n) is 1.08. The third-order valence-electron chi connectivity index (χ3n) is 1.72. The quantitative estimate of drug-likeness (QED) is 0.675. The highest BCUT2D eigenvalue weighted by Crippen LogP contribution is 2.21. The van der Waals surface area contributed by atoms with Gasteiger partial charge >= 0.3 is 0 Å². The molecular formula is C9H5ClN2O. The fraction of sp³-hybridized carbons (Fsp3) is 0. The van der Waals surface area contributed by atoms with Gasteiger partial charge in [-0.3, -0.25) is 4.79 Å². The molecule has 3 nitrogen and oxygen atoms in total. The largest absolute Gasteiger partial charge is 0.297 e. The van der Waals surface area contributed by atoms with Crippen LogP contribution in [0.25, 0.3) is 5.57 Å². The lowest BCUT2D eigenvalue weighted by Gasteiger charge is -1.97. The topological polar surface area (TPSA) is 41.8 Å². The summed E-state index contributed by atoms with van der Waals surface area (Å²) in [5.74, 6) is -0.303. The number of benzene rings is 1. The molecule has 0 saturated heterocycles. The monoisotopic (exact) mass is 192 g/mol. The first-order chi connectivity index (χ1) is 6.27. The number of hydrogen-bond acceptors (Lipinski definition) is 2. The number of amides is 1. The Morgan fingerprint density at radius 1 is 1.15 bits per heavy atom. The zero-order valence-electron chi connectivity index (χ0n) is 6.57. The van der Waals surface area contributed by atoms with Crippen molar-refractivity contribution in [3.05, 3.63) is 41.1 Å². The minimum atomic E-state index is -0.303. The molecule has 1 heterocycles. The van der Waals surface area contributed by atoms with Crippen molar-refractivity contribution in [2.75, 3.05) is 0 Å². The highest BCUT2D eigenvalue weighted by Gasteiger charge is 2.14. The number of halogens is 1. The van der Waals surface area contributed by atoms with Crippen LogP contribution in [0.2, 0.25) is 5.02 Å². The zero-order valence-corrected chi connectivity index (χ0v) is 7.32. The summed E-state index contributed by atoms with van der Waals surface area (Å²) in [7, 11) is 0. The van der Waals surface area contributed by atoms with E-state index in [0.29, 0.717) is 10.6 Å². The van der Waals surface area contributed by atoms with Gasteiger partial charge in [0.25, 0.3) is 5.91 Å². The van der Waals surface area contributed by atoms with E-state index < -0.39 is 0 Å². The third kappa shape index (κ3) is 1.51. The van der Waals surface area contributed by atoms with Crippen molar-refractivity contribution in [3.8, 4) is 0 Å². The molecule has 1 amide bonds. The molecule has 4 heteroatoms. The second-order valence-electron chi connectivity index (χ2n) is 2.57. The second kappa shape index (κ2) is 3.11.